The summed E-state index contributed by atoms with van der Waals surface area (Å²) in [4.78, 5) is 16.4. The van der Waals surface area contributed by atoms with E-state index in [4.69, 9.17) is 9.47 Å². The standard InChI is InChI=1S/C23H25F3N2O3/c1-30-20-9-5-18(21(15-20)31-2)6-10-22(29)28-13-11-27(12-14-28)16-17-3-7-19(8-4-17)23(24,25)26/h3-10,15H,11-14,16H2,1-2H3/b10-6+. The lowest BCUT2D eigenvalue weighted by Crippen LogP contribution is -2.47. The minimum absolute atomic E-state index is 0.0907. The molecule has 0 spiro atoms. The molecule has 166 valence electrons. The SMILES string of the molecule is COc1ccc(/C=C/C(=O)N2CCN(Cc3ccc(C(F)(F)F)cc3)CC2)c(OC)c1. The summed E-state index contributed by atoms with van der Waals surface area (Å²) in [5.41, 5.74) is 0.948. The van der Waals surface area contributed by atoms with Crippen molar-refractivity contribution >= 4 is 12.0 Å². The van der Waals surface area contributed by atoms with Crippen molar-refractivity contribution in [3.8, 4) is 11.5 Å². The van der Waals surface area contributed by atoms with Gasteiger partial charge in [0.15, 0.2) is 0 Å². The van der Waals surface area contributed by atoms with E-state index in [-0.39, 0.29) is 5.91 Å². The fourth-order valence-electron chi connectivity index (χ4n) is 3.41. The van der Waals surface area contributed by atoms with Crippen molar-refractivity contribution < 1.29 is 27.4 Å². The zero-order chi connectivity index (χ0) is 22.4. The van der Waals surface area contributed by atoms with E-state index in [1.165, 1.54) is 18.2 Å². The summed E-state index contributed by atoms with van der Waals surface area (Å²) in [6.45, 7) is 2.99. The van der Waals surface area contributed by atoms with Crippen molar-refractivity contribution in [3.63, 3.8) is 0 Å². The Balaban J connectivity index is 1.52. The van der Waals surface area contributed by atoms with E-state index in [0.29, 0.717) is 44.2 Å². The molecule has 0 N–H and O–H groups in total. The predicted octanol–water partition coefficient (Wildman–Crippen LogP) is 4.08. The highest BCUT2D eigenvalue weighted by molar-refractivity contribution is 5.92. The molecule has 1 aliphatic rings. The number of hydrogen-bond acceptors (Lipinski definition) is 4. The van der Waals surface area contributed by atoms with E-state index >= 15 is 0 Å². The first kappa shape index (κ1) is 22.7. The number of carbonyl (C=O) groups is 1. The Hall–Kier alpha value is -3.00. The van der Waals surface area contributed by atoms with Crippen LogP contribution in [0, 0.1) is 0 Å². The monoisotopic (exact) mass is 434 g/mol. The van der Waals surface area contributed by atoms with Gasteiger partial charge in [0.2, 0.25) is 5.91 Å². The lowest BCUT2D eigenvalue weighted by Gasteiger charge is -2.34. The Labute approximate surface area is 179 Å². The molecule has 0 atom stereocenters. The Morgan fingerprint density at radius 1 is 1.00 bits per heavy atom. The van der Waals surface area contributed by atoms with Crippen LogP contribution in [-0.4, -0.2) is 56.1 Å². The van der Waals surface area contributed by atoms with Crippen molar-refractivity contribution in [3.05, 3.63) is 65.2 Å². The summed E-state index contributed by atoms with van der Waals surface area (Å²) < 4.78 is 48.5. The third kappa shape index (κ3) is 6.01. The number of carbonyl (C=O) groups excluding carboxylic acids is 1. The zero-order valence-corrected chi connectivity index (χ0v) is 17.5. The van der Waals surface area contributed by atoms with E-state index in [0.717, 1.165) is 23.3 Å². The lowest BCUT2D eigenvalue weighted by molar-refractivity contribution is -0.137. The molecular formula is C23H25F3N2O3. The molecule has 2 aromatic carbocycles. The average Bonchev–Trinajstić information content (AvgIpc) is 2.77. The van der Waals surface area contributed by atoms with Gasteiger partial charge in [-0.05, 0) is 35.9 Å². The van der Waals surface area contributed by atoms with Crippen molar-refractivity contribution in [1.82, 2.24) is 9.80 Å². The van der Waals surface area contributed by atoms with Gasteiger partial charge in [-0.3, -0.25) is 9.69 Å². The molecule has 1 heterocycles. The molecule has 1 amide bonds. The number of nitrogens with zero attached hydrogens (tertiary/aromatic N) is 2. The Kier molecular flexibility index (Phi) is 7.22. The van der Waals surface area contributed by atoms with Gasteiger partial charge in [0, 0.05) is 50.4 Å². The summed E-state index contributed by atoms with van der Waals surface area (Å²) in [6, 6.07) is 10.6. The second-order valence-corrected chi connectivity index (χ2v) is 7.24. The molecule has 0 aliphatic carbocycles. The molecule has 0 bridgehead atoms. The van der Waals surface area contributed by atoms with Crippen molar-refractivity contribution in [2.75, 3.05) is 40.4 Å². The number of piperazine rings is 1. The van der Waals surface area contributed by atoms with E-state index in [9.17, 15) is 18.0 Å². The summed E-state index contributed by atoms with van der Waals surface area (Å²) in [6.07, 6.45) is -1.08. The minimum Gasteiger partial charge on any atom is -0.497 e. The van der Waals surface area contributed by atoms with Crippen LogP contribution in [-0.2, 0) is 17.5 Å². The van der Waals surface area contributed by atoms with Gasteiger partial charge in [0.1, 0.15) is 11.5 Å². The molecule has 0 radical (unpaired) electrons. The molecule has 1 aliphatic heterocycles. The number of hydrogen-bond donors (Lipinski definition) is 0. The fraction of sp³-hybridized carbons (Fsp3) is 0.348. The van der Waals surface area contributed by atoms with Gasteiger partial charge in [0.05, 0.1) is 19.8 Å². The number of benzene rings is 2. The van der Waals surface area contributed by atoms with E-state index < -0.39 is 11.7 Å². The van der Waals surface area contributed by atoms with Crippen molar-refractivity contribution in [2.24, 2.45) is 0 Å². The Morgan fingerprint density at radius 3 is 2.26 bits per heavy atom. The smallest absolute Gasteiger partial charge is 0.416 e. The molecule has 1 fully saturated rings. The zero-order valence-electron chi connectivity index (χ0n) is 17.5. The van der Waals surface area contributed by atoms with E-state index in [1.807, 2.05) is 6.07 Å². The summed E-state index contributed by atoms with van der Waals surface area (Å²) in [5.74, 6) is 1.20. The second kappa shape index (κ2) is 9.87. The summed E-state index contributed by atoms with van der Waals surface area (Å²) >= 11 is 0. The highest BCUT2D eigenvalue weighted by atomic mass is 19.4. The van der Waals surface area contributed by atoms with Crippen LogP contribution in [0.3, 0.4) is 0 Å². The van der Waals surface area contributed by atoms with Crippen LogP contribution in [0.15, 0.2) is 48.5 Å². The van der Waals surface area contributed by atoms with Gasteiger partial charge in [0.25, 0.3) is 0 Å². The van der Waals surface area contributed by atoms with Crippen LogP contribution in [0.5, 0.6) is 11.5 Å². The van der Waals surface area contributed by atoms with Crippen molar-refractivity contribution in [1.29, 1.82) is 0 Å². The second-order valence-electron chi connectivity index (χ2n) is 7.24. The van der Waals surface area contributed by atoms with Crippen LogP contribution in [0.25, 0.3) is 6.08 Å². The molecule has 3 rings (SSSR count). The molecule has 1 saturated heterocycles. The van der Waals surface area contributed by atoms with Crippen LogP contribution in [0.1, 0.15) is 16.7 Å². The van der Waals surface area contributed by atoms with Crippen LogP contribution < -0.4 is 9.47 Å². The topological polar surface area (TPSA) is 42.0 Å². The Bertz CT molecular complexity index is 919. The first-order valence-electron chi connectivity index (χ1n) is 9.87. The molecule has 31 heavy (non-hydrogen) atoms. The number of rotatable bonds is 6. The van der Waals surface area contributed by atoms with Gasteiger partial charge in [-0.25, -0.2) is 0 Å². The quantitative estimate of drug-likeness (QED) is 0.643. The van der Waals surface area contributed by atoms with Gasteiger partial charge in [-0.1, -0.05) is 12.1 Å². The first-order valence-corrected chi connectivity index (χ1v) is 9.87. The Morgan fingerprint density at radius 2 is 1.68 bits per heavy atom. The maximum absolute atomic E-state index is 12.7. The first-order chi connectivity index (χ1) is 14.8. The van der Waals surface area contributed by atoms with Crippen molar-refractivity contribution in [2.45, 2.75) is 12.7 Å². The summed E-state index contributed by atoms with van der Waals surface area (Å²) in [5, 5.41) is 0. The number of amides is 1. The molecule has 0 saturated carbocycles. The third-order valence-corrected chi connectivity index (χ3v) is 5.22. The van der Waals surface area contributed by atoms with Gasteiger partial charge in [-0.2, -0.15) is 13.2 Å². The van der Waals surface area contributed by atoms with Crippen LogP contribution in [0.4, 0.5) is 13.2 Å². The molecule has 2 aromatic rings. The highest BCUT2D eigenvalue weighted by Crippen LogP contribution is 2.29. The number of alkyl halides is 3. The van der Waals surface area contributed by atoms with Crippen LogP contribution in [0.2, 0.25) is 0 Å². The number of ether oxygens (including phenoxy) is 2. The maximum Gasteiger partial charge on any atom is 0.416 e. The largest absolute Gasteiger partial charge is 0.497 e. The summed E-state index contributed by atoms with van der Waals surface area (Å²) in [7, 11) is 3.13. The van der Waals surface area contributed by atoms with Crippen LogP contribution >= 0.6 is 0 Å². The molecule has 0 unspecified atom stereocenters. The number of halogens is 3. The van der Waals surface area contributed by atoms with E-state index in [2.05, 4.69) is 4.90 Å². The minimum atomic E-state index is -4.33. The highest BCUT2D eigenvalue weighted by Gasteiger charge is 2.30. The lowest BCUT2D eigenvalue weighted by atomic mass is 10.1. The van der Waals surface area contributed by atoms with E-state index in [1.54, 1.807) is 37.3 Å². The van der Waals surface area contributed by atoms with Gasteiger partial charge in [-0.15, -0.1) is 0 Å². The normalized spacial score (nSPS) is 15.3. The molecule has 0 aromatic heterocycles. The number of methoxy groups -OCH3 is 2. The van der Waals surface area contributed by atoms with Gasteiger partial charge >= 0.3 is 6.18 Å². The molecular weight excluding hydrogens is 409 g/mol. The third-order valence-electron chi connectivity index (χ3n) is 5.22. The van der Waals surface area contributed by atoms with Gasteiger partial charge < -0.3 is 14.4 Å². The fourth-order valence-corrected chi connectivity index (χ4v) is 3.41. The average molecular weight is 434 g/mol. The maximum atomic E-state index is 12.7. The molecule has 8 heteroatoms. The predicted molar refractivity (Wildman–Crippen MR) is 112 cm³/mol. The molecule has 5 nitrogen and oxygen atoms in total.